The molecule has 4 nitrogen and oxygen atoms in total. The Bertz CT molecular complexity index is 223. The maximum absolute atomic E-state index is 11.7. The number of aliphatic hydroxyl groups is 1. The molecule has 0 radical (unpaired) electrons. The Morgan fingerprint density at radius 2 is 2.00 bits per heavy atom. The lowest BCUT2D eigenvalue weighted by Crippen LogP contribution is -2.35. The third-order valence-corrected chi connectivity index (χ3v) is 2.47. The molecule has 0 spiro atoms. The number of hydrogen-bond acceptors (Lipinski definition) is 3. The van der Waals surface area contributed by atoms with Gasteiger partial charge in [0.15, 0.2) is 0 Å². The highest BCUT2D eigenvalue weighted by Crippen LogP contribution is 2.21. The molecule has 1 fully saturated rings. The van der Waals surface area contributed by atoms with Gasteiger partial charge in [0.05, 0.1) is 0 Å². The van der Waals surface area contributed by atoms with E-state index in [9.17, 15) is 4.79 Å². The van der Waals surface area contributed by atoms with Crippen LogP contribution in [-0.4, -0.2) is 41.4 Å². The predicted octanol–water partition coefficient (Wildman–Crippen LogP) is 2.65. The Balaban J connectivity index is 0.00000121. The van der Waals surface area contributed by atoms with Gasteiger partial charge in [-0.05, 0) is 39.5 Å². The number of aliphatic hydroxyl groups excluding tert-OH is 1. The van der Waals surface area contributed by atoms with Gasteiger partial charge in [-0.1, -0.05) is 13.8 Å². The van der Waals surface area contributed by atoms with Crippen molar-refractivity contribution in [2.45, 2.75) is 53.1 Å². The van der Waals surface area contributed by atoms with Crippen molar-refractivity contribution in [3.63, 3.8) is 0 Å². The van der Waals surface area contributed by atoms with Crippen LogP contribution in [0.15, 0.2) is 0 Å². The molecule has 1 heterocycles. The van der Waals surface area contributed by atoms with E-state index in [1.54, 1.807) is 4.90 Å². The summed E-state index contributed by atoms with van der Waals surface area (Å²) < 4.78 is 5.27. The Hall–Kier alpha value is -0.770. The van der Waals surface area contributed by atoms with E-state index in [4.69, 9.17) is 9.84 Å². The van der Waals surface area contributed by atoms with Crippen molar-refractivity contribution in [3.8, 4) is 0 Å². The molecule has 1 amide bonds. The summed E-state index contributed by atoms with van der Waals surface area (Å²) in [4.78, 5) is 13.4. The average Bonchev–Trinajstić information content (AvgIpc) is 2.67. The SMILES string of the molecule is CC.CC(C)(C)OC(=O)N1CCC(CCO)C1. The maximum Gasteiger partial charge on any atom is 0.410 e. The second-order valence-corrected chi connectivity index (χ2v) is 5.09. The third-order valence-electron chi connectivity index (χ3n) is 2.47. The molecule has 1 unspecified atom stereocenters. The molecule has 17 heavy (non-hydrogen) atoms. The minimum absolute atomic E-state index is 0.201. The Morgan fingerprint density at radius 3 is 2.47 bits per heavy atom. The quantitative estimate of drug-likeness (QED) is 0.813. The highest BCUT2D eigenvalue weighted by molar-refractivity contribution is 5.68. The largest absolute Gasteiger partial charge is 0.444 e. The fourth-order valence-electron chi connectivity index (χ4n) is 1.74. The van der Waals surface area contributed by atoms with Gasteiger partial charge in [-0.3, -0.25) is 0 Å². The molecule has 0 aromatic carbocycles. The number of rotatable bonds is 2. The number of likely N-dealkylation sites (tertiary alicyclic amines) is 1. The van der Waals surface area contributed by atoms with E-state index in [1.165, 1.54) is 0 Å². The molecule has 1 N–H and O–H groups in total. The highest BCUT2D eigenvalue weighted by Gasteiger charge is 2.29. The zero-order chi connectivity index (χ0) is 13.5. The molecule has 1 aliphatic rings. The molecule has 0 aromatic heterocycles. The normalized spacial score (nSPS) is 19.6. The molecule has 102 valence electrons. The predicted molar refractivity (Wildman–Crippen MR) is 69.0 cm³/mol. The smallest absolute Gasteiger partial charge is 0.410 e. The van der Waals surface area contributed by atoms with Crippen molar-refractivity contribution < 1.29 is 14.6 Å². The summed E-state index contributed by atoms with van der Waals surface area (Å²) in [6.45, 7) is 11.3. The highest BCUT2D eigenvalue weighted by atomic mass is 16.6. The van der Waals surface area contributed by atoms with Crippen LogP contribution in [0.25, 0.3) is 0 Å². The van der Waals surface area contributed by atoms with Gasteiger partial charge >= 0.3 is 6.09 Å². The molecule has 1 rings (SSSR count). The van der Waals surface area contributed by atoms with Gasteiger partial charge in [-0.2, -0.15) is 0 Å². The Kier molecular flexibility index (Phi) is 7.19. The summed E-state index contributed by atoms with van der Waals surface area (Å²) in [5.74, 6) is 0.433. The van der Waals surface area contributed by atoms with Gasteiger partial charge in [0.25, 0.3) is 0 Å². The summed E-state index contributed by atoms with van der Waals surface area (Å²) >= 11 is 0. The van der Waals surface area contributed by atoms with Crippen molar-refractivity contribution in [1.29, 1.82) is 0 Å². The van der Waals surface area contributed by atoms with Crippen LogP contribution in [0.2, 0.25) is 0 Å². The number of carbonyl (C=O) groups excluding carboxylic acids is 1. The van der Waals surface area contributed by atoms with Crippen LogP contribution in [0.5, 0.6) is 0 Å². The molecule has 1 aliphatic heterocycles. The van der Waals surface area contributed by atoms with Crippen molar-refractivity contribution in [1.82, 2.24) is 4.90 Å². The lowest BCUT2D eigenvalue weighted by Gasteiger charge is -2.24. The third kappa shape index (κ3) is 6.51. The molecule has 0 aromatic rings. The lowest BCUT2D eigenvalue weighted by atomic mass is 10.1. The van der Waals surface area contributed by atoms with Crippen LogP contribution in [0, 0.1) is 5.92 Å². The average molecular weight is 245 g/mol. The summed E-state index contributed by atoms with van der Waals surface area (Å²) in [5, 5.41) is 8.80. The molecule has 1 saturated heterocycles. The first kappa shape index (κ1) is 16.2. The van der Waals surface area contributed by atoms with Crippen molar-refractivity contribution in [2.75, 3.05) is 19.7 Å². The molecule has 0 saturated carbocycles. The van der Waals surface area contributed by atoms with Crippen molar-refractivity contribution in [3.05, 3.63) is 0 Å². The zero-order valence-corrected chi connectivity index (χ0v) is 11.8. The van der Waals surface area contributed by atoms with Crippen LogP contribution >= 0.6 is 0 Å². The molecule has 1 atom stereocenters. The molecule has 4 heteroatoms. The molecular weight excluding hydrogens is 218 g/mol. The number of carbonyl (C=O) groups is 1. The van der Waals surface area contributed by atoms with E-state index >= 15 is 0 Å². The fraction of sp³-hybridized carbons (Fsp3) is 0.923. The number of ether oxygens (including phenoxy) is 1. The van der Waals surface area contributed by atoms with Gasteiger partial charge in [-0.25, -0.2) is 4.79 Å². The van der Waals surface area contributed by atoms with Crippen LogP contribution in [-0.2, 0) is 4.74 Å². The van der Waals surface area contributed by atoms with Gasteiger partial charge in [0, 0.05) is 19.7 Å². The van der Waals surface area contributed by atoms with E-state index < -0.39 is 5.60 Å². The summed E-state index contributed by atoms with van der Waals surface area (Å²) in [6, 6.07) is 0. The maximum atomic E-state index is 11.7. The molecule has 0 bridgehead atoms. The second-order valence-electron chi connectivity index (χ2n) is 5.09. The first-order valence-electron chi connectivity index (χ1n) is 6.51. The van der Waals surface area contributed by atoms with E-state index in [0.29, 0.717) is 5.92 Å². The minimum atomic E-state index is -0.424. The van der Waals surface area contributed by atoms with Gasteiger partial charge < -0.3 is 14.7 Å². The fourth-order valence-corrected chi connectivity index (χ4v) is 1.74. The van der Waals surface area contributed by atoms with Crippen molar-refractivity contribution in [2.24, 2.45) is 5.92 Å². The van der Waals surface area contributed by atoms with E-state index in [0.717, 1.165) is 25.9 Å². The number of amides is 1. The van der Waals surface area contributed by atoms with Crippen LogP contribution in [0.4, 0.5) is 4.79 Å². The summed E-state index contributed by atoms with van der Waals surface area (Å²) in [5.41, 5.74) is -0.424. The van der Waals surface area contributed by atoms with Gasteiger partial charge in [0.1, 0.15) is 5.60 Å². The summed E-state index contributed by atoms with van der Waals surface area (Å²) in [7, 11) is 0. The van der Waals surface area contributed by atoms with Crippen LogP contribution < -0.4 is 0 Å². The standard InChI is InChI=1S/C11H21NO3.C2H6/c1-11(2,3)15-10(14)12-6-4-9(8-12)5-7-13;1-2/h9,13H,4-8H2,1-3H3;1-2H3. The second kappa shape index (κ2) is 7.54. The van der Waals surface area contributed by atoms with Crippen molar-refractivity contribution >= 4 is 6.09 Å². The van der Waals surface area contributed by atoms with Crippen LogP contribution in [0.1, 0.15) is 47.5 Å². The first-order chi connectivity index (χ1) is 7.92. The van der Waals surface area contributed by atoms with E-state index in [2.05, 4.69) is 0 Å². The van der Waals surface area contributed by atoms with Gasteiger partial charge in [-0.15, -0.1) is 0 Å². The first-order valence-corrected chi connectivity index (χ1v) is 6.51. The molecular formula is C13H27NO3. The van der Waals surface area contributed by atoms with Crippen LogP contribution in [0.3, 0.4) is 0 Å². The Labute approximate surface area is 105 Å². The molecule has 0 aliphatic carbocycles. The monoisotopic (exact) mass is 245 g/mol. The topological polar surface area (TPSA) is 49.8 Å². The van der Waals surface area contributed by atoms with E-state index in [1.807, 2.05) is 34.6 Å². The zero-order valence-electron chi connectivity index (χ0n) is 11.8. The lowest BCUT2D eigenvalue weighted by molar-refractivity contribution is 0.0286. The van der Waals surface area contributed by atoms with Gasteiger partial charge in [0.2, 0.25) is 0 Å². The number of nitrogens with zero attached hydrogens (tertiary/aromatic N) is 1. The summed E-state index contributed by atoms with van der Waals surface area (Å²) in [6.07, 6.45) is 1.52. The number of hydrogen-bond donors (Lipinski definition) is 1. The minimum Gasteiger partial charge on any atom is -0.444 e. The Morgan fingerprint density at radius 1 is 1.41 bits per heavy atom. The van der Waals surface area contributed by atoms with E-state index in [-0.39, 0.29) is 12.7 Å².